The minimum Gasteiger partial charge on any atom is -0.493 e. The van der Waals surface area contributed by atoms with Crippen LogP contribution in [0.2, 0.25) is 0 Å². The second-order valence-electron chi connectivity index (χ2n) is 6.63. The second kappa shape index (κ2) is 8.76. The lowest BCUT2D eigenvalue weighted by Gasteiger charge is -2.40. The van der Waals surface area contributed by atoms with Gasteiger partial charge in [0.05, 0.1) is 20.3 Å². The Morgan fingerprint density at radius 2 is 1.96 bits per heavy atom. The quantitative estimate of drug-likeness (QED) is 0.726. The molecule has 0 bridgehead atoms. The van der Waals surface area contributed by atoms with Gasteiger partial charge in [-0.05, 0) is 43.1 Å². The van der Waals surface area contributed by atoms with Crippen LogP contribution in [0, 0.1) is 0 Å². The summed E-state index contributed by atoms with van der Waals surface area (Å²) in [6.07, 6.45) is 2.54. The van der Waals surface area contributed by atoms with Crippen LogP contribution < -0.4 is 9.47 Å². The number of piperidine rings is 1. The molecule has 6 heteroatoms. The molecule has 0 aromatic heterocycles. The van der Waals surface area contributed by atoms with Crippen LogP contribution >= 0.6 is 15.9 Å². The predicted octanol–water partition coefficient (Wildman–Crippen LogP) is 4.49. The Labute approximate surface area is 168 Å². The van der Waals surface area contributed by atoms with Gasteiger partial charge in [0.15, 0.2) is 11.5 Å². The number of carbonyl (C=O) groups is 1. The summed E-state index contributed by atoms with van der Waals surface area (Å²) >= 11 is 3.54. The average Bonchev–Trinajstić information content (AvgIpc) is 2.68. The number of methoxy groups -OCH3 is 2. The average molecular weight is 434 g/mol. The minimum atomic E-state index is -0.781. The molecule has 1 fully saturated rings. The number of hydrogen-bond donors (Lipinski definition) is 1. The fourth-order valence-electron chi connectivity index (χ4n) is 3.88. The summed E-state index contributed by atoms with van der Waals surface area (Å²) in [5, 5.41) is 9.83. The highest BCUT2D eigenvalue weighted by atomic mass is 79.9. The molecular formula is C21H24BrNO4. The molecular weight excluding hydrogens is 410 g/mol. The number of benzene rings is 2. The van der Waals surface area contributed by atoms with Gasteiger partial charge in [-0.3, -0.25) is 9.69 Å². The van der Waals surface area contributed by atoms with Crippen LogP contribution in [0.25, 0.3) is 0 Å². The summed E-state index contributed by atoms with van der Waals surface area (Å²) in [4.78, 5) is 14.0. The summed E-state index contributed by atoms with van der Waals surface area (Å²) in [5.74, 6) is 0.495. The fourth-order valence-corrected chi connectivity index (χ4v) is 4.30. The first-order chi connectivity index (χ1) is 13.1. The molecule has 2 aromatic rings. The summed E-state index contributed by atoms with van der Waals surface area (Å²) in [6.45, 7) is 0.717. The molecule has 0 spiro atoms. The molecule has 1 saturated heterocycles. The van der Waals surface area contributed by atoms with Gasteiger partial charge >= 0.3 is 5.97 Å². The number of carboxylic acid groups (broad SMARTS) is 1. The van der Waals surface area contributed by atoms with E-state index in [0.717, 1.165) is 28.4 Å². The minimum absolute atomic E-state index is 0.242. The Balaban J connectivity index is 2.18. The number of halogens is 1. The highest BCUT2D eigenvalue weighted by molar-refractivity contribution is 9.10. The number of aliphatic carboxylic acids is 1. The van der Waals surface area contributed by atoms with Crippen LogP contribution in [-0.4, -0.2) is 42.8 Å². The van der Waals surface area contributed by atoms with E-state index >= 15 is 0 Å². The number of rotatable bonds is 6. The van der Waals surface area contributed by atoms with E-state index in [4.69, 9.17) is 9.47 Å². The van der Waals surface area contributed by atoms with E-state index in [-0.39, 0.29) is 6.04 Å². The van der Waals surface area contributed by atoms with Crippen molar-refractivity contribution in [1.82, 2.24) is 4.90 Å². The SMILES string of the molecule is COc1cccc(C(c2cccc(Br)c2)N2CCCCC2C(=O)O)c1OC. The summed E-state index contributed by atoms with van der Waals surface area (Å²) in [6, 6.07) is 13.0. The molecule has 27 heavy (non-hydrogen) atoms. The maximum absolute atomic E-state index is 12.0. The van der Waals surface area contributed by atoms with Crippen LogP contribution in [0.3, 0.4) is 0 Å². The molecule has 1 N–H and O–H groups in total. The van der Waals surface area contributed by atoms with Gasteiger partial charge in [0.2, 0.25) is 0 Å². The van der Waals surface area contributed by atoms with Crippen molar-refractivity contribution in [3.63, 3.8) is 0 Å². The predicted molar refractivity (Wildman–Crippen MR) is 108 cm³/mol. The Hall–Kier alpha value is -2.05. The highest BCUT2D eigenvalue weighted by Crippen LogP contribution is 2.42. The first-order valence-electron chi connectivity index (χ1n) is 9.01. The molecule has 2 aromatic carbocycles. The zero-order chi connectivity index (χ0) is 19.4. The van der Waals surface area contributed by atoms with Crippen molar-refractivity contribution in [2.45, 2.75) is 31.3 Å². The third-order valence-electron chi connectivity index (χ3n) is 5.05. The molecule has 0 amide bonds. The number of likely N-dealkylation sites (tertiary alicyclic amines) is 1. The lowest BCUT2D eigenvalue weighted by atomic mass is 9.91. The molecule has 2 unspecified atom stereocenters. The van der Waals surface area contributed by atoms with Gasteiger partial charge in [0.25, 0.3) is 0 Å². The molecule has 1 aliphatic rings. The van der Waals surface area contributed by atoms with E-state index in [1.807, 2.05) is 42.5 Å². The van der Waals surface area contributed by atoms with Crippen molar-refractivity contribution < 1.29 is 19.4 Å². The maximum Gasteiger partial charge on any atom is 0.320 e. The van der Waals surface area contributed by atoms with Gasteiger partial charge in [-0.1, -0.05) is 46.6 Å². The summed E-state index contributed by atoms with van der Waals surface area (Å²) in [7, 11) is 3.22. The van der Waals surface area contributed by atoms with Gasteiger partial charge in [0.1, 0.15) is 6.04 Å². The van der Waals surface area contributed by atoms with Crippen molar-refractivity contribution in [2.24, 2.45) is 0 Å². The van der Waals surface area contributed by atoms with Crippen LogP contribution in [-0.2, 0) is 4.79 Å². The molecule has 3 rings (SSSR count). The smallest absolute Gasteiger partial charge is 0.320 e. The molecule has 5 nitrogen and oxygen atoms in total. The normalized spacial score (nSPS) is 18.7. The van der Waals surface area contributed by atoms with Crippen molar-refractivity contribution in [3.05, 3.63) is 58.1 Å². The molecule has 1 heterocycles. The Morgan fingerprint density at radius 1 is 1.19 bits per heavy atom. The highest BCUT2D eigenvalue weighted by Gasteiger charge is 2.36. The first kappa shape index (κ1) is 19.7. The number of carboxylic acids is 1. The van der Waals surface area contributed by atoms with Gasteiger partial charge in [-0.2, -0.15) is 0 Å². The second-order valence-corrected chi connectivity index (χ2v) is 7.54. The molecule has 2 atom stereocenters. The van der Waals surface area contributed by atoms with Crippen molar-refractivity contribution in [1.29, 1.82) is 0 Å². The van der Waals surface area contributed by atoms with Crippen molar-refractivity contribution in [2.75, 3.05) is 20.8 Å². The first-order valence-corrected chi connectivity index (χ1v) is 9.81. The fraction of sp³-hybridized carbons (Fsp3) is 0.381. The number of para-hydroxylation sites is 1. The number of hydrogen-bond acceptors (Lipinski definition) is 4. The number of ether oxygens (including phenoxy) is 2. The third-order valence-corrected chi connectivity index (χ3v) is 5.55. The van der Waals surface area contributed by atoms with E-state index in [1.54, 1.807) is 14.2 Å². The van der Waals surface area contributed by atoms with E-state index in [9.17, 15) is 9.90 Å². The van der Waals surface area contributed by atoms with Gasteiger partial charge in [-0.15, -0.1) is 0 Å². The van der Waals surface area contributed by atoms with Crippen LogP contribution in [0.1, 0.15) is 36.4 Å². The lowest BCUT2D eigenvalue weighted by Crippen LogP contribution is -2.46. The Morgan fingerprint density at radius 3 is 2.63 bits per heavy atom. The Bertz CT molecular complexity index is 811. The topological polar surface area (TPSA) is 59.0 Å². The standard InChI is InChI=1S/C21H24BrNO4/c1-26-18-11-6-9-16(20(18)27-2)19(14-7-5-8-15(22)13-14)23-12-4-3-10-17(23)21(24)25/h5-9,11,13,17,19H,3-4,10,12H2,1-2H3,(H,24,25). The van der Waals surface area contributed by atoms with Crippen LogP contribution in [0.4, 0.5) is 0 Å². The van der Waals surface area contributed by atoms with Crippen LogP contribution in [0.5, 0.6) is 11.5 Å². The molecule has 0 saturated carbocycles. The van der Waals surface area contributed by atoms with Gasteiger partial charge in [0, 0.05) is 10.0 Å². The number of nitrogens with zero attached hydrogens (tertiary/aromatic N) is 1. The van der Waals surface area contributed by atoms with E-state index in [0.29, 0.717) is 24.5 Å². The summed E-state index contributed by atoms with van der Waals surface area (Å²) < 4.78 is 12.1. The van der Waals surface area contributed by atoms with Crippen molar-refractivity contribution >= 4 is 21.9 Å². The zero-order valence-corrected chi connectivity index (χ0v) is 17.1. The van der Waals surface area contributed by atoms with E-state index in [2.05, 4.69) is 20.8 Å². The lowest BCUT2D eigenvalue weighted by molar-refractivity contribution is -0.145. The largest absolute Gasteiger partial charge is 0.493 e. The van der Waals surface area contributed by atoms with Gasteiger partial charge in [-0.25, -0.2) is 0 Å². The third kappa shape index (κ3) is 4.12. The monoisotopic (exact) mass is 433 g/mol. The van der Waals surface area contributed by atoms with Crippen molar-refractivity contribution in [3.8, 4) is 11.5 Å². The molecule has 1 aliphatic heterocycles. The molecule has 144 valence electrons. The van der Waals surface area contributed by atoms with Gasteiger partial charge < -0.3 is 14.6 Å². The summed E-state index contributed by atoms with van der Waals surface area (Å²) in [5.41, 5.74) is 1.92. The molecule has 0 radical (unpaired) electrons. The van der Waals surface area contributed by atoms with E-state index < -0.39 is 12.0 Å². The van der Waals surface area contributed by atoms with Crippen LogP contribution in [0.15, 0.2) is 46.9 Å². The molecule has 0 aliphatic carbocycles. The Kier molecular flexibility index (Phi) is 6.39. The van der Waals surface area contributed by atoms with E-state index in [1.165, 1.54) is 0 Å². The maximum atomic E-state index is 12.0. The zero-order valence-electron chi connectivity index (χ0n) is 15.5.